The summed E-state index contributed by atoms with van der Waals surface area (Å²) in [6.07, 6.45) is 5.00. The monoisotopic (exact) mass is 273 g/mol. The van der Waals surface area contributed by atoms with Crippen LogP contribution in [0.1, 0.15) is 15.9 Å². The van der Waals surface area contributed by atoms with E-state index in [0.29, 0.717) is 11.1 Å². The van der Waals surface area contributed by atoms with Crippen LogP contribution >= 0.6 is 0 Å². The molecular formula is C18H11NO2. The molecule has 0 radical (unpaired) electrons. The molecule has 2 aromatic heterocycles. The lowest BCUT2D eigenvalue weighted by molar-refractivity contribution is 0.104. The summed E-state index contributed by atoms with van der Waals surface area (Å²) in [4.78, 5) is 17.0. The van der Waals surface area contributed by atoms with Crippen LogP contribution in [0.3, 0.4) is 0 Å². The summed E-state index contributed by atoms with van der Waals surface area (Å²) < 4.78 is 5.47. The molecule has 0 aliphatic heterocycles. The third kappa shape index (κ3) is 1.82. The van der Waals surface area contributed by atoms with Crippen LogP contribution in [-0.2, 0) is 0 Å². The maximum atomic E-state index is 12.9. The predicted molar refractivity (Wildman–Crippen MR) is 81.4 cm³/mol. The number of benzene rings is 2. The lowest BCUT2D eigenvalue weighted by Crippen LogP contribution is -2.01. The van der Waals surface area contributed by atoms with E-state index < -0.39 is 0 Å². The minimum atomic E-state index is -0.0308. The van der Waals surface area contributed by atoms with Gasteiger partial charge in [0.05, 0.1) is 5.56 Å². The van der Waals surface area contributed by atoms with Gasteiger partial charge in [0.15, 0.2) is 5.78 Å². The normalized spacial score (nSPS) is 11.0. The van der Waals surface area contributed by atoms with Crippen LogP contribution in [0.4, 0.5) is 0 Å². The molecule has 0 aliphatic rings. The molecule has 0 spiro atoms. The molecular weight excluding hydrogens is 262 g/mol. The molecule has 0 amide bonds. The Balaban J connectivity index is 1.95. The summed E-state index contributed by atoms with van der Waals surface area (Å²) >= 11 is 0. The molecule has 0 unspecified atom stereocenters. The van der Waals surface area contributed by atoms with Crippen LogP contribution in [0, 0.1) is 0 Å². The van der Waals surface area contributed by atoms with Crippen molar-refractivity contribution in [3.8, 4) is 0 Å². The van der Waals surface area contributed by atoms with Gasteiger partial charge in [-0.2, -0.15) is 0 Å². The highest BCUT2D eigenvalue weighted by atomic mass is 16.3. The highest BCUT2D eigenvalue weighted by molar-refractivity contribution is 6.20. The number of rotatable bonds is 2. The van der Waals surface area contributed by atoms with Crippen molar-refractivity contribution < 1.29 is 9.21 Å². The van der Waals surface area contributed by atoms with Gasteiger partial charge in [-0.1, -0.05) is 36.4 Å². The highest BCUT2D eigenvalue weighted by Gasteiger charge is 2.17. The van der Waals surface area contributed by atoms with E-state index in [1.807, 2.05) is 48.5 Å². The van der Waals surface area contributed by atoms with E-state index in [4.69, 9.17) is 4.42 Å². The molecule has 4 aromatic rings. The van der Waals surface area contributed by atoms with Crippen molar-refractivity contribution in [1.82, 2.24) is 4.98 Å². The fourth-order valence-corrected chi connectivity index (χ4v) is 2.62. The van der Waals surface area contributed by atoms with E-state index in [2.05, 4.69) is 4.98 Å². The highest BCUT2D eigenvalue weighted by Crippen LogP contribution is 2.26. The quantitative estimate of drug-likeness (QED) is 0.514. The first-order valence-electron chi connectivity index (χ1n) is 6.68. The lowest BCUT2D eigenvalue weighted by Gasteiger charge is -2.04. The number of aromatic nitrogens is 1. The van der Waals surface area contributed by atoms with Gasteiger partial charge in [-0.3, -0.25) is 9.78 Å². The fraction of sp³-hybridized carbons (Fsp3) is 0. The zero-order chi connectivity index (χ0) is 14.2. The van der Waals surface area contributed by atoms with Gasteiger partial charge in [0.2, 0.25) is 0 Å². The van der Waals surface area contributed by atoms with Gasteiger partial charge < -0.3 is 4.42 Å². The van der Waals surface area contributed by atoms with Gasteiger partial charge in [0.25, 0.3) is 0 Å². The molecule has 4 rings (SSSR count). The third-order valence-electron chi connectivity index (χ3n) is 3.65. The molecule has 3 heteroatoms. The number of pyridine rings is 1. The number of carbonyl (C=O) groups excluding carboxylic acids is 1. The Morgan fingerprint density at radius 1 is 0.905 bits per heavy atom. The van der Waals surface area contributed by atoms with E-state index in [1.165, 1.54) is 6.26 Å². The van der Waals surface area contributed by atoms with Gasteiger partial charge >= 0.3 is 0 Å². The van der Waals surface area contributed by atoms with Gasteiger partial charge in [-0.25, -0.2) is 0 Å². The third-order valence-corrected chi connectivity index (χ3v) is 3.65. The minimum absolute atomic E-state index is 0.0308. The second-order valence-corrected chi connectivity index (χ2v) is 4.88. The largest absolute Gasteiger partial charge is 0.464 e. The number of hydrogen-bond donors (Lipinski definition) is 0. The first-order valence-corrected chi connectivity index (χ1v) is 6.68. The molecule has 0 bridgehead atoms. The molecule has 0 N–H and O–H groups in total. The second kappa shape index (κ2) is 4.56. The summed E-state index contributed by atoms with van der Waals surface area (Å²) in [7, 11) is 0. The van der Waals surface area contributed by atoms with E-state index >= 15 is 0 Å². The van der Waals surface area contributed by atoms with Crippen molar-refractivity contribution in [2.45, 2.75) is 0 Å². The van der Waals surface area contributed by atoms with Crippen LogP contribution in [0.15, 0.2) is 71.6 Å². The summed E-state index contributed by atoms with van der Waals surface area (Å²) in [5.41, 5.74) is 1.99. The first kappa shape index (κ1) is 11.9. The predicted octanol–water partition coefficient (Wildman–Crippen LogP) is 4.21. The number of hydrogen-bond acceptors (Lipinski definition) is 3. The van der Waals surface area contributed by atoms with Crippen LogP contribution in [0.2, 0.25) is 0 Å². The van der Waals surface area contributed by atoms with E-state index in [9.17, 15) is 4.79 Å². The number of furan rings is 1. The maximum Gasteiger partial charge on any atom is 0.197 e. The molecule has 0 saturated heterocycles. The molecule has 2 aromatic carbocycles. The summed E-state index contributed by atoms with van der Waals surface area (Å²) in [6, 6.07) is 15.1. The molecule has 0 aliphatic carbocycles. The number of nitrogens with zero attached hydrogens (tertiary/aromatic N) is 1. The number of carbonyl (C=O) groups is 1. The Morgan fingerprint density at radius 2 is 1.81 bits per heavy atom. The van der Waals surface area contributed by atoms with Crippen LogP contribution in [0.25, 0.3) is 21.7 Å². The topological polar surface area (TPSA) is 43.1 Å². The van der Waals surface area contributed by atoms with Gasteiger partial charge in [0, 0.05) is 28.7 Å². The molecule has 0 saturated carbocycles. The van der Waals surface area contributed by atoms with Crippen molar-refractivity contribution in [3.05, 3.63) is 78.3 Å². The van der Waals surface area contributed by atoms with Crippen molar-refractivity contribution in [2.24, 2.45) is 0 Å². The average molecular weight is 273 g/mol. The van der Waals surface area contributed by atoms with Crippen LogP contribution in [0.5, 0.6) is 0 Å². The average Bonchev–Trinajstić information content (AvgIpc) is 2.98. The molecule has 0 atom stereocenters. The van der Waals surface area contributed by atoms with E-state index in [0.717, 1.165) is 21.7 Å². The van der Waals surface area contributed by atoms with Crippen LogP contribution in [-0.4, -0.2) is 10.8 Å². The van der Waals surface area contributed by atoms with Crippen molar-refractivity contribution in [1.29, 1.82) is 0 Å². The smallest absolute Gasteiger partial charge is 0.197 e. The molecule has 2 heterocycles. The maximum absolute atomic E-state index is 12.9. The zero-order valence-electron chi connectivity index (χ0n) is 11.1. The second-order valence-electron chi connectivity index (χ2n) is 4.88. The van der Waals surface area contributed by atoms with Gasteiger partial charge in [-0.15, -0.1) is 0 Å². The molecule has 3 nitrogen and oxygen atoms in total. The number of fused-ring (bicyclic) bond motifs is 2. The Hall–Kier alpha value is -2.94. The van der Waals surface area contributed by atoms with Crippen molar-refractivity contribution in [2.75, 3.05) is 0 Å². The SMILES string of the molecule is O=C(c1cccc2cnccc12)c1coc2ccccc12. The molecule has 21 heavy (non-hydrogen) atoms. The Kier molecular flexibility index (Phi) is 2.57. The Morgan fingerprint density at radius 3 is 2.76 bits per heavy atom. The Bertz CT molecular complexity index is 964. The van der Waals surface area contributed by atoms with Gasteiger partial charge in [-0.05, 0) is 17.5 Å². The summed E-state index contributed by atoms with van der Waals surface area (Å²) in [5, 5.41) is 2.70. The Labute approximate surface area is 120 Å². The summed E-state index contributed by atoms with van der Waals surface area (Å²) in [5.74, 6) is -0.0308. The van der Waals surface area contributed by atoms with Gasteiger partial charge in [0.1, 0.15) is 11.8 Å². The van der Waals surface area contributed by atoms with Crippen molar-refractivity contribution in [3.63, 3.8) is 0 Å². The molecule has 0 fully saturated rings. The zero-order valence-corrected chi connectivity index (χ0v) is 11.1. The van der Waals surface area contributed by atoms with E-state index in [1.54, 1.807) is 12.4 Å². The summed E-state index contributed by atoms with van der Waals surface area (Å²) in [6.45, 7) is 0. The lowest BCUT2D eigenvalue weighted by atomic mass is 9.98. The number of para-hydroxylation sites is 1. The molecule has 100 valence electrons. The standard InChI is InChI=1S/C18H11NO2/c20-18(16-11-21-17-7-2-1-5-14(16)17)15-6-3-4-12-10-19-9-8-13(12)15/h1-11H. The number of ketones is 1. The van der Waals surface area contributed by atoms with Crippen LogP contribution < -0.4 is 0 Å². The fourth-order valence-electron chi connectivity index (χ4n) is 2.62. The van der Waals surface area contributed by atoms with Crippen molar-refractivity contribution >= 4 is 27.5 Å². The van der Waals surface area contributed by atoms with E-state index in [-0.39, 0.29) is 5.78 Å². The first-order chi connectivity index (χ1) is 10.3. The minimum Gasteiger partial charge on any atom is -0.464 e.